The van der Waals surface area contributed by atoms with Gasteiger partial charge >= 0.3 is 0 Å². The summed E-state index contributed by atoms with van der Waals surface area (Å²) in [5, 5.41) is 0.712. The predicted octanol–water partition coefficient (Wildman–Crippen LogP) is 3.59. The van der Waals surface area contributed by atoms with Crippen molar-refractivity contribution in [2.75, 3.05) is 30.9 Å². The molecule has 0 unspecified atom stereocenters. The lowest BCUT2D eigenvalue weighted by Gasteiger charge is -2.35. The molecule has 10 heteroatoms. The summed E-state index contributed by atoms with van der Waals surface area (Å²) in [6.07, 6.45) is 1.55. The Morgan fingerprint density at radius 2 is 1.71 bits per heavy atom. The Morgan fingerprint density at radius 1 is 0.947 bits per heavy atom. The second kappa shape index (κ2) is 10.9. The maximum Gasteiger partial charge on any atom is 0.264 e. The number of anilines is 1. The SMILES string of the molecule is NCc1cc(C(=O)N2CCN(Cc3ccccc3F)CC2)ccc1NS(=O)(=O)c1cccc2cccnc12. The van der Waals surface area contributed by atoms with Crippen LogP contribution in [0.2, 0.25) is 0 Å². The Morgan fingerprint density at radius 3 is 2.47 bits per heavy atom. The maximum absolute atomic E-state index is 14.0. The first kappa shape index (κ1) is 25.8. The second-order valence-electron chi connectivity index (χ2n) is 9.17. The fourth-order valence-corrected chi connectivity index (χ4v) is 5.93. The number of fused-ring (bicyclic) bond motifs is 1. The minimum atomic E-state index is -3.96. The Hall–Kier alpha value is -3.86. The third-order valence-corrected chi connectivity index (χ3v) is 8.11. The lowest BCUT2D eigenvalue weighted by molar-refractivity contribution is 0.0627. The zero-order valence-corrected chi connectivity index (χ0v) is 21.5. The van der Waals surface area contributed by atoms with Crippen LogP contribution in [0.5, 0.6) is 0 Å². The lowest BCUT2D eigenvalue weighted by atomic mass is 10.1. The van der Waals surface area contributed by atoms with E-state index in [9.17, 15) is 17.6 Å². The number of nitrogens with zero attached hydrogens (tertiary/aromatic N) is 3. The third-order valence-electron chi connectivity index (χ3n) is 6.71. The van der Waals surface area contributed by atoms with Crippen LogP contribution in [0, 0.1) is 5.82 Å². The van der Waals surface area contributed by atoms with Gasteiger partial charge < -0.3 is 10.6 Å². The monoisotopic (exact) mass is 533 g/mol. The minimum absolute atomic E-state index is 0.0448. The smallest absolute Gasteiger partial charge is 0.264 e. The highest BCUT2D eigenvalue weighted by atomic mass is 32.2. The summed E-state index contributed by atoms with van der Waals surface area (Å²) in [7, 11) is -3.96. The normalized spacial score (nSPS) is 14.5. The average molecular weight is 534 g/mol. The van der Waals surface area contributed by atoms with Gasteiger partial charge in [-0.25, -0.2) is 12.8 Å². The average Bonchev–Trinajstić information content (AvgIpc) is 2.94. The van der Waals surface area contributed by atoms with Gasteiger partial charge in [-0.15, -0.1) is 0 Å². The molecule has 1 saturated heterocycles. The van der Waals surface area contributed by atoms with E-state index in [2.05, 4.69) is 14.6 Å². The van der Waals surface area contributed by atoms with E-state index < -0.39 is 10.0 Å². The summed E-state index contributed by atoms with van der Waals surface area (Å²) < 4.78 is 43.1. The van der Waals surface area contributed by atoms with Crippen molar-refractivity contribution >= 4 is 32.5 Å². The topological polar surface area (TPSA) is 109 Å². The molecule has 1 amide bonds. The van der Waals surface area contributed by atoms with Crippen LogP contribution in [0.15, 0.2) is 83.9 Å². The highest BCUT2D eigenvalue weighted by Crippen LogP contribution is 2.26. The zero-order valence-electron chi connectivity index (χ0n) is 20.7. The fraction of sp³-hybridized carbons (Fsp3) is 0.214. The van der Waals surface area contributed by atoms with Gasteiger partial charge in [0, 0.05) is 62.0 Å². The number of pyridine rings is 1. The molecule has 0 spiro atoms. The summed E-state index contributed by atoms with van der Waals surface area (Å²) in [5.74, 6) is -0.384. The van der Waals surface area contributed by atoms with Gasteiger partial charge in [0.25, 0.3) is 15.9 Å². The van der Waals surface area contributed by atoms with Crippen molar-refractivity contribution in [1.82, 2.24) is 14.8 Å². The lowest BCUT2D eigenvalue weighted by Crippen LogP contribution is -2.48. The number of halogens is 1. The van der Waals surface area contributed by atoms with Crippen molar-refractivity contribution in [1.29, 1.82) is 0 Å². The van der Waals surface area contributed by atoms with Crippen LogP contribution in [0.1, 0.15) is 21.5 Å². The summed E-state index contributed by atoms with van der Waals surface area (Å²) in [6.45, 7) is 2.80. The van der Waals surface area contributed by atoms with Crippen LogP contribution in [0.4, 0.5) is 10.1 Å². The number of carbonyl (C=O) groups excluding carboxylic acids is 1. The number of amides is 1. The van der Waals surface area contributed by atoms with Crippen molar-refractivity contribution in [2.24, 2.45) is 5.73 Å². The largest absolute Gasteiger partial charge is 0.336 e. The van der Waals surface area contributed by atoms with Gasteiger partial charge in [-0.1, -0.05) is 36.4 Å². The molecule has 38 heavy (non-hydrogen) atoms. The second-order valence-corrected chi connectivity index (χ2v) is 10.8. The molecule has 0 atom stereocenters. The highest BCUT2D eigenvalue weighted by Gasteiger charge is 2.24. The van der Waals surface area contributed by atoms with Crippen molar-refractivity contribution in [3.8, 4) is 0 Å². The molecule has 2 heterocycles. The van der Waals surface area contributed by atoms with Crippen molar-refractivity contribution in [2.45, 2.75) is 18.0 Å². The number of sulfonamides is 1. The third kappa shape index (κ3) is 5.38. The number of hydrogen-bond donors (Lipinski definition) is 2. The minimum Gasteiger partial charge on any atom is -0.336 e. The number of nitrogens with one attached hydrogen (secondary N) is 1. The Bertz CT molecular complexity index is 1580. The molecular weight excluding hydrogens is 505 g/mol. The molecule has 196 valence electrons. The van der Waals surface area contributed by atoms with Crippen LogP contribution in [0.25, 0.3) is 10.9 Å². The van der Waals surface area contributed by atoms with E-state index in [0.29, 0.717) is 66.0 Å². The molecule has 3 aromatic carbocycles. The molecule has 0 bridgehead atoms. The van der Waals surface area contributed by atoms with Gasteiger partial charge in [0.15, 0.2) is 0 Å². The van der Waals surface area contributed by atoms with E-state index in [1.54, 1.807) is 65.7 Å². The zero-order chi connectivity index (χ0) is 26.7. The molecule has 1 fully saturated rings. The van der Waals surface area contributed by atoms with Crippen LogP contribution in [-0.2, 0) is 23.1 Å². The quantitative estimate of drug-likeness (QED) is 0.376. The maximum atomic E-state index is 14.0. The van der Waals surface area contributed by atoms with Gasteiger partial charge in [0.1, 0.15) is 10.7 Å². The number of nitrogens with two attached hydrogens (primary N) is 1. The number of para-hydroxylation sites is 1. The molecule has 0 aliphatic carbocycles. The first-order chi connectivity index (χ1) is 18.4. The number of benzene rings is 3. The Labute approximate surface area is 220 Å². The molecule has 0 saturated carbocycles. The molecule has 1 aliphatic heterocycles. The molecular formula is C28H28FN5O3S. The van der Waals surface area contributed by atoms with Crippen LogP contribution in [0.3, 0.4) is 0 Å². The molecule has 8 nitrogen and oxygen atoms in total. The molecule has 3 N–H and O–H groups in total. The Kier molecular flexibility index (Phi) is 7.37. The number of carbonyl (C=O) groups is 1. The van der Waals surface area contributed by atoms with Crippen molar-refractivity contribution in [3.63, 3.8) is 0 Å². The summed E-state index contributed by atoms with van der Waals surface area (Å²) in [5.41, 5.74) is 8.20. The first-order valence-corrected chi connectivity index (χ1v) is 13.8. The predicted molar refractivity (Wildman–Crippen MR) is 144 cm³/mol. The first-order valence-electron chi connectivity index (χ1n) is 12.3. The van der Waals surface area contributed by atoms with Crippen LogP contribution < -0.4 is 10.5 Å². The van der Waals surface area contributed by atoms with Gasteiger partial charge in [-0.3, -0.25) is 19.4 Å². The van der Waals surface area contributed by atoms with Gasteiger partial charge in [-0.2, -0.15) is 0 Å². The van der Waals surface area contributed by atoms with Gasteiger partial charge in [0.05, 0.1) is 11.2 Å². The number of hydrogen-bond acceptors (Lipinski definition) is 6. The number of aromatic nitrogens is 1. The molecule has 0 radical (unpaired) electrons. The van der Waals surface area contributed by atoms with E-state index in [1.807, 2.05) is 6.07 Å². The van der Waals surface area contributed by atoms with Crippen molar-refractivity contribution in [3.05, 3.63) is 102 Å². The summed E-state index contributed by atoms with van der Waals surface area (Å²) in [4.78, 5) is 21.4. The highest BCUT2D eigenvalue weighted by molar-refractivity contribution is 7.93. The van der Waals surface area contributed by atoms with E-state index in [-0.39, 0.29) is 23.2 Å². The standard InChI is InChI=1S/C28H28FN5O3S/c29-24-8-2-1-5-22(24)19-33-13-15-34(16-14-33)28(35)21-10-11-25(23(17-21)18-30)32-38(36,37)26-9-3-6-20-7-4-12-31-27(20)26/h1-12,17,32H,13-16,18-19,30H2. The van der Waals surface area contributed by atoms with Crippen molar-refractivity contribution < 1.29 is 17.6 Å². The number of rotatable bonds is 7. The van der Waals surface area contributed by atoms with Crippen LogP contribution in [-0.4, -0.2) is 55.3 Å². The van der Waals surface area contributed by atoms with E-state index in [0.717, 1.165) is 0 Å². The molecule has 5 rings (SSSR count). The summed E-state index contributed by atoms with van der Waals surface area (Å²) >= 11 is 0. The van der Waals surface area contributed by atoms with E-state index in [1.165, 1.54) is 12.1 Å². The fourth-order valence-electron chi connectivity index (χ4n) is 4.65. The van der Waals surface area contributed by atoms with E-state index >= 15 is 0 Å². The number of piperazine rings is 1. The van der Waals surface area contributed by atoms with E-state index in [4.69, 9.17) is 5.73 Å². The Balaban J connectivity index is 1.29. The summed E-state index contributed by atoms with van der Waals surface area (Å²) in [6, 6.07) is 20.0. The molecule has 4 aromatic rings. The van der Waals surface area contributed by atoms with Crippen LogP contribution >= 0.6 is 0 Å². The molecule has 1 aliphatic rings. The molecule has 1 aromatic heterocycles. The van der Waals surface area contributed by atoms with Gasteiger partial charge in [-0.05, 0) is 42.0 Å². The van der Waals surface area contributed by atoms with Gasteiger partial charge in [0.2, 0.25) is 0 Å².